The van der Waals surface area contributed by atoms with Crippen LogP contribution in [-0.4, -0.2) is 11.5 Å². The van der Waals surface area contributed by atoms with E-state index in [9.17, 15) is 0 Å². The number of hydrogen-bond acceptors (Lipinski definition) is 3. The highest BCUT2D eigenvalue weighted by atomic mass is 35.5. The zero-order chi connectivity index (χ0) is 13.2. The number of rotatable bonds is 3. The predicted molar refractivity (Wildman–Crippen MR) is 86.5 cm³/mol. The minimum Gasteiger partial charge on any atom is -0.398 e. The van der Waals surface area contributed by atoms with Crippen LogP contribution in [0.5, 0.6) is 0 Å². The van der Waals surface area contributed by atoms with Gasteiger partial charge in [-0.3, -0.25) is 0 Å². The molecular formula is C15H14ClNS2. The third kappa shape index (κ3) is 2.88. The molecule has 3 rings (SSSR count). The number of anilines is 1. The second kappa shape index (κ2) is 5.70. The van der Waals surface area contributed by atoms with Gasteiger partial charge in [-0.1, -0.05) is 29.8 Å². The second-order valence-electron chi connectivity index (χ2n) is 4.54. The molecule has 1 heterocycles. The molecule has 0 bridgehead atoms. The molecule has 0 fully saturated rings. The van der Waals surface area contributed by atoms with Gasteiger partial charge in [-0.15, -0.1) is 23.5 Å². The van der Waals surface area contributed by atoms with Crippen molar-refractivity contribution in [3.8, 4) is 0 Å². The maximum atomic E-state index is 6.02. The lowest BCUT2D eigenvalue weighted by molar-refractivity contribution is 0.896. The molecule has 4 heteroatoms. The van der Waals surface area contributed by atoms with E-state index in [0.29, 0.717) is 5.92 Å². The Kier molecular flexibility index (Phi) is 3.96. The number of nitrogens with two attached hydrogens (primary N) is 1. The minimum atomic E-state index is 0.601. The van der Waals surface area contributed by atoms with E-state index in [4.69, 9.17) is 17.3 Å². The molecule has 1 aliphatic heterocycles. The van der Waals surface area contributed by atoms with Crippen molar-refractivity contribution in [1.82, 2.24) is 0 Å². The lowest BCUT2D eigenvalue weighted by atomic mass is 10.0. The Labute approximate surface area is 126 Å². The third-order valence-electron chi connectivity index (χ3n) is 3.21. The van der Waals surface area contributed by atoms with Gasteiger partial charge in [-0.05, 0) is 29.8 Å². The van der Waals surface area contributed by atoms with Crippen LogP contribution < -0.4 is 5.73 Å². The molecule has 1 nitrogen and oxygen atoms in total. The molecule has 0 aromatic heterocycles. The molecule has 19 heavy (non-hydrogen) atoms. The molecule has 2 aromatic carbocycles. The first-order valence-electron chi connectivity index (χ1n) is 6.13. The van der Waals surface area contributed by atoms with Crippen LogP contribution in [-0.2, 0) is 0 Å². The number of hydrogen-bond donors (Lipinski definition) is 1. The summed E-state index contributed by atoms with van der Waals surface area (Å²) < 4.78 is 0. The summed E-state index contributed by atoms with van der Waals surface area (Å²) in [6.45, 7) is 0. The highest BCUT2D eigenvalue weighted by Gasteiger charge is 2.22. The summed E-state index contributed by atoms with van der Waals surface area (Å²) in [5.41, 5.74) is 8.27. The minimum absolute atomic E-state index is 0.601. The van der Waals surface area contributed by atoms with Crippen LogP contribution in [0.1, 0.15) is 11.5 Å². The van der Waals surface area contributed by atoms with Crippen molar-refractivity contribution in [3.63, 3.8) is 0 Å². The molecule has 0 spiro atoms. The Bertz CT molecular complexity index is 600. The van der Waals surface area contributed by atoms with Crippen molar-refractivity contribution < 1.29 is 0 Å². The molecule has 98 valence electrons. The normalized spacial score (nSPS) is 17.4. The molecule has 0 aliphatic carbocycles. The lowest BCUT2D eigenvalue weighted by Gasteiger charge is -2.11. The van der Waals surface area contributed by atoms with Crippen LogP contribution in [0, 0.1) is 0 Å². The van der Waals surface area contributed by atoms with Crippen molar-refractivity contribution in [3.05, 3.63) is 53.1 Å². The van der Waals surface area contributed by atoms with Gasteiger partial charge in [0, 0.05) is 37.9 Å². The monoisotopic (exact) mass is 307 g/mol. The van der Waals surface area contributed by atoms with Crippen molar-refractivity contribution in [2.45, 2.75) is 15.7 Å². The van der Waals surface area contributed by atoms with Crippen molar-refractivity contribution in [1.29, 1.82) is 0 Å². The zero-order valence-electron chi connectivity index (χ0n) is 10.3. The van der Waals surface area contributed by atoms with E-state index in [2.05, 4.69) is 24.3 Å². The van der Waals surface area contributed by atoms with Gasteiger partial charge in [0.2, 0.25) is 0 Å². The summed E-state index contributed by atoms with van der Waals surface area (Å²) in [4.78, 5) is 2.51. The summed E-state index contributed by atoms with van der Waals surface area (Å²) >= 11 is 9.77. The fourth-order valence-electron chi connectivity index (χ4n) is 2.19. The first-order chi connectivity index (χ1) is 9.24. The molecule has 2 aromatic rings. The number of halogens is 1. The smallest absolute Gasteiger partial charge is 0.0453 e. The van der Waals surface area contributed by atoms with Crippen molar-refractivity contribution in [2.75, 3.05) is 17.2 Å². The second-order valence-corrected chi connectivity index (χ2v) is 7.10. The Morgan fingerprint density at radius 1 is 1.26 bits per heavy atom. The topological polar surface area (TPSA) is 26.0 Å². The Morgan fingerprint density at radius 2 is 2.11 bits per heavy atom. The van der Waals surface area contributed by atoms with Crippen LogP contribution in [0.3, 0.4) is 0 Å². The standard InChI is InChI=1S/C15H14ClNS2/c16-11-5-6-13(17)15(7-11)19-9-10-8-18-14-4-2-1-3-12(10)14/h1-7,10H,8-9,17H2. The number of thioether (sulfide) groups is 2. The fourth-order valence-corrected chi connectivity index (χ4v) is 4.95. The maximum absolute atomic E-state index is 6.02. The van der Waals surface area contributed by atoms with Gasteiger partial charge in [0.25, 0.3) is 0 Å². The Balaban J connectivity index is 1.72. The quantitative estimate of drug-likeness (QED) is 0.645. The van der Waals surface area contributed by atoms with Crippen LogP contribution in [0.2, 0.25) is 5.02 Å². The predicted octanol–water partition coefficient (Wildman–Crippen LogP) is 4.90. The molecule has 2 N–H and O–H groups in total. The first-order valence-corrected chi connectivity index (χ1v) is 8.48. The average molecular weight is 308 g/mol. The summed E-state index contributed by atoms with van der Waals surface area (Å²) in [6.07, 6.45) is 0. The SMILES string of the molecule is Nc1ccc(Cl)cc1SCC1CSc2ccccc21. The average Bonchev–Trinajstić information content (AvgIpc) is 2.83. The van der Waals surface area contributed by atoms with Crippen LogP contribution in [0.15, 0.2) is 52.3 Å². The van der Waals surface area contributed by atoms with E-state index in [1.165, 1.54) is 10.5 Å². The Morgan fingerprint density at radius 3 is 3.00 bits per heavy atom. The van der Waals surface area contributed by atoms with Gasteiger partial charge in [0.15, 0.2) is 0 Å². The third-order valence-corrected chi connectivity index (χ3v) is 5.94. The van der Waals surface area contributed by atoms with E-state index >= 15 is 0 Å². The first kappa shape index (κ1) is 13.2. The van der Waals surface area contributed by atoms with E-state index < -0.39 is 0 Å². The van der Waals surface area contributed by atoms with Crippen molar-refractivity contribution in [2.24, 2.45) is 0 Å². The van der Waals surface area contributed by atoms with E-state index in [1.54, 1.807) is 11.8 Å². The summed E-state index contributed by atoms with van der Waals surface area (Å²) in [5, 5.41) is 0.748. The van der Waals surface area contributed by atoms with Crippen LogP contribution in [0.25, 0.3) is 0 Å². The molecular weight excluding hydrogens is 294 g/mol. The van der Waals surface area contributed by atoms with Gasteiger partial charge in [-0.25, -0.2) is 0 Å². The molecule has 0 saturated carbocycles. The number of nitrogen functional groups attached to an aromatic ring is 1. The zero-order valence-corrected chi connectivity index (χ0v) is 12.7. The van der Waals surface area contributed by atoms with Gasteiger partial charge < -0.3 is 5.73 Å². The summed E-state index contributed by atoms with van der Waals surface area (Å²) in [6, 6.07) is 14.3. The van der Waals surface area contributed by atoms with Gasteiger partial charge in [0.1, 0.15) is 0 Å². The highest BCUT2D eigenvalue weighted by molar-refractivity contribution is 8.00. The van der Waals surface area contributed by atoms with E-state index in [1.807, 2.05) is 30.0 Å². The summed E-state index contributed by atoms with van der Waals surface area (Å²) in [5.74, 6) is 2.81. The number of benzene rings is 2. The lowest BCUT2D eigenvalue weighted by Crippen LogP contribution is -2.00. The molecule has 0 radical (unpaired) electrons. The van der Waals surface area contributed by atoms with E-state index in [-0.39, 0.29) is 0 Å². The largest absolute Gasteiger partial charge is 0.398 e. The molecule has 1 unspecified atom stereocenters. The number of fused-ring (bicyclic) bond motifs is 1. The van der Waals surface area contributed by atoms with Gasteiger partial charge in [0.05, 0.1) is 0 Å². The van der Waals surface area contributed by atoms with Crippen LogP contribution >= 0.6 is 35.1 Å². The molecule has 1 aliphatic rings. The van der Waals surface area contributed by atoms with Crippen LogP contribution in [0.4, 0.5) is 5.69 Å². The van der Waals surface area contributed by atoms with E-state index in [0.717, 1.165) is 27.1 Å². The van der Waals surface area contributed by atoms with Crippen molar-refractivity contribution >= 4 is 40.8 Å². The fraction of sp³-hybridized carbons (Fsp3) is 0.200. The molecule has 0 amide bonds. The maximum Gasteiger partial charge on any atom is 0.0453 e. The molecule has 1 atom stereocenters. The highest BCUT2D eigenvalue weighted by Crippen LogP contribution is 2.42. The van der Waals surface area contributed by atoms with Gasteiger partial charge >= 0.3 is 0 Å². The summed E-state index contributed by atoms with van der Waals surface area (Å²) in [7, 11) is 0. The van der Waals surface area contributed by atoms with Gasteiger partial charge in [-0.2, -0.15) is 0 Å². The Hall–Kier alpha value is -0.770. The molecule has 0 saturated heterocycles.